The van der Waals surface area contributed by atoms with Gasteiger partial charge in [-0.05, 0) is 20.8 Å². The quantitative estimate of drug-likeness (QED) is 0.510. The molecule has 0 aromatic rings. The molecule has 0 heterocycles. The molecule has 2 heteroatoms. The zero-order valence-electron chi connectivity index (χ0n) is 6.86. The predicted octanol–water partition coefficient (Wildman–Crippen LogP) is 2.75. The van der Waals surface area contributed by atoms with E-state index in [1.54, 1.807) is 0 Å². The van der Waals surface area contributed by atoms with Crippen molar-refractivity contribution in [1.29, 1.82) is 0 Å². The summed E-state index contributed by atoms with van der Waals surface area (Å²) in [5.74, 6) is 0. The van der Waals surface area contributed by atoms with Crippen molar-refractivity contribution in [3.63, 3.8) is 0 Å². The average Bonchev–Trinajstić information content (AvgIpc) is 1.78. The van der Waals surface area contributed by atoms with Crippen LogP contribution in [0.5, 0.6) is 0 Å². The zero-order chi connectivity index (χ0) is 8.04. The fourth-order valence-electron chi connectivity index (χ4n) is 0.429. The van der Waals surface area contributed by atoms with E-state index in [2.05, 4.69) is 36.7 Å². The summed E-state index contributed by atoms with van der Waals surface area (Å²) in [6.07, 6.45) is 4.05. The highest BCUT2D eigenvalue weighted by atomic mass is 79.9. The summed E-state index contributed by atoms with van der Waals surface area (Å²) >= 11 is 3.29. The molecule has 0 aromatic carbocycles. The van der Waals surface area contributed by atoms with Crippen molar-refractivity contribution in [3.05, 3.63) is 12.2 Å². The van der Waals surface area contributed by atoms with Gasteiger partial charge in [0.2, 0.25) is 0 Å². The van der Waals surface area contributed by atoms with Gasteiger partial charge in [-0.15, -0.1) is 0 Å². The Morgan fingerprint density at radius 1 is 1.30 bits per heavy atom. The molecule has 10 heavy (non-hydrogen) atoms. The van der Waals surface area contributed by atoms with E-state index >= 15 is 0 Å². The molecule has 0 N–H and O–H groups in total. The summed E-state index contributed by atoms with van der Waals surface area (Å²) < 4.78 is 5.42. The molecule has 0 fully saturated rings. The molecule has 0 aliphatic rings. The van der Waals surface area contributed by atoms with E-state index < -0.39 is 0 Å². The standard InChI is InChI=1S/C8H15BrO/c1-8(2,3)10-7-5-4-6-9/h4-5H,6-7H2,1-3H3/b5-4+. The van der Waals surface area contributed by atoms with Crippen LogP contribution in [0.3, 0.4) is 0 Å². The maximum atomic E-state index is 5.42. The molecule has 0 aliphatic carbocycles. The number of ether oxygens (including phenoxy) is 1. The molecule has 0 radical (unpaired) electrons. The maximum Gasteiger partial charge on any atom is 0.0654 e. The smallest absolute Gasteiger partial charge is 0.0654 e. The number of rotatable bonds is 3. The molecule has 1 nitrogen and oxygen atoms in total. The lowest BCUT2D eigenvalue weighted by Gasteiger charge is -2.17. The van der Waals surface area contributed by atoms with Gasteiger partial charge in [-0.3, -0.25) is 0 Å². The summed E-state index contributed by atoms with van der Waals surface area (Å²) in [5, 5.41) is 0.903. The predicted molar refractivity (Wildman–Crippen MR) is 48.6 cm³/mol. The molecule has 0 unspecified atom stereocenters. The van der Waals surface area contributed by atoms with Gasteiger partial charge in [0.25, 0.3) is 0 Å². The van der Waals surface area contributed by atoms with Gasteiger partial charge in [-0.25, -0.2) is 0 Å². The maximum absolute atomic E-state index is 5.42. The highest BCUT2D eigenvalue weighted by Gasteiger charge is 2.07. The first kappa shape index (κ1) is 10.2. The van der Waals surface area contributed by atoms with Crippen molar-refractivity contribution in [2.45, 2.75) is 26.4 Å². The molecular formula is C8H15BrO. The van der Waals surface area contributed by atoms with E-state index in [4.69, 9.17) is 4.74 Å². The molecule has 0 spiro atoms. The molecule has 0 atom stereocenters. The highest BCUT2D eigenvalue weighted by Crippen LogP contribution is 2.05. The van der Waals surface area contributed by atoms with Crippen LogP contribution in [-0.4, -0.2) is 17.5 Å². The van der Waals surface area contributed by atoms with Crippen molar-refractivity contribution < 1.29 is 4.74 Å². The third kappa shape index (κ3) is 8.18. The lowest BCUT2D eigenvalue weighted by molar-refractivity contribution is 0.0149. The van der Waals surface area contributed by atoms with E-state index in [0.717, 1.165) is 5.33 Å². The van der Waals surface area contributed by atoms with Gasteiger partial charge in [-0.2, -0.15) is 0 Å². The van der Waals surface area contributed by atoms with Crippen LogP contribution in [-0.2, 0) is 4.74 Å². The molecule has 0 amide bonds. The van der Waals surface area contributed by atoms with E-state index in [-0.39, 0.29) is 5.60 Å². The second-order valence-corrected chi connectivity index (χ2v) is 3.70. The molecule has 0 bridgehead atoms. The van der Waals surface area contributed by atoms with Crippen LogP contribution >= 0.6 is 15.9 Å². The van der Waals surface area contributed by atoms with Crippen molar-refractivity contribution in [1.82, 2.24) is 0 Å². The van der Waals surface area contributed by atoms with Crippen molar-refractivity contribution in [2.24, 2.45) is 0 Å². The Morgan fingerprint density at radius 2 is 1.90 bits per heavy atom. The Balaban J connectivity index is 3.28. The zero-order valence-corrected chi connectivity index (χ0v) is 8.44. The number of halogens is 1. The van der Waals surface area contributed by atoms with Crippen LogP contribution < -0.4 is 0 Å². The van der Waals surface area contributed by atoms with Crippen LogP contribution in [0.1, 0.15) is 20.8 Å². The lowest BCUT2D eigenvalue weighted by Crippen LogP contribution is -2.18. The molecule has 0 aliphatic heterocycles. The topological polar surface area (TPSA) is 9.23 Å². The van der Waals surface area contributed by atoms with Crippen molar-refractivity contribution in [2.75, 3.05) is 11.9 Å². The SMILES string of the molecule is CC(C)(C)OC/C=C/CBr. The fraction of sp³-hybridized carbons (Fsp3) is 0.750. The van der Waals surface area contributed by atoms with Crippen molar-refractivity contribution in [3.8, 4) is 0 Å². The molecule has 0 saturated carbocycles. The van der Waals surface area contributed by atoms with Gasteiger partial charge < -0.3 is 4.74 Å². The minimum absolute atomic E-state index is 0.0172. The van der Waals surface area contributed by atoms with Gasteiger partial charge in [0.05, 0.1) is 12.2 Å². The summed E-state index contributed by atoms with van der Waals surface area (Å²) in [6, 6.07) is 0. The Kier molecular flexibility index (Phi) is 5.00. The van der Waals surface area contributed by atoms with Crippen molar-refractivity contribution >= 4 is 15.9 Å². The normalized spacial score (nSPS) is 12.8. The van der Waals surface area contributed by atoms with Crippen LogP contribution in [0.2, 0.25) is 0 Å². The van der Waals surface area contributed by atoms with Crippen LogP contribution in [0.4, 0.5) is 0 Å². The van der Waals surface area contributed by atoms with Crippen LogP contribution in [0.15, 0.2) is 12.2 Å². The van der Waals surface area contributed by atoms with Crippen LogP contribution in [0, 0.1) is 0 Å². The second-order valence-electron chi connectivity index (χ2n) is 3.05. The average molecular weight is 207 g/mol. The molecule has 0 aromatic heterocycles. The Bertz CT molecular complexity index is 102. The van der Waals surface area contributed by atoms with E-state index in [1.165, 1.54) is 0 Å². The number of alkyl halides is 1. The molecule has 0 rings (SSSR count). The summed E-state index contributed by atoms with van der Waals surface area (Å²) in [7, 11) is 0. The first-order valence-corrected chi connectivity index (χ1v) is 4.53. The Labute approximate surface area is 71.6 Å². The van der Waals surface area contributed by atoms with Gasteiger partial charge in [0.15, 0.2) is 0 Å². The molecule has 60 valence electrons. The second kappa shape index (κ2) is 4.91. The monoisotopic (exact) mass is 206 g/mol. The minimum Gasteiger partial charge on any atom is -0.372 e. The van der Waals surface area contributed by atoms with Gasteiger partial charge >= 0.3 is 0 Å². The highest BCUT2D eigenvalue weighted by molar-refractivity contribution is 9.09. The lowest BCUT2D eigenvalue weighted by atomic mass is 10.2. The Morgan fingerprint density at radius 3 is 2.30 bits per heavy atom. The number of allylic oxidation sites excluding steroid dienone is 1. The third-order valence-corrected chi connectivity index (χ3v) is 1.24. The minimum atomic E-state index is -0.0172. The first-order valence-electron chi connectivity index (χ1n) is 3.41. The van der Waals surface area contributed by atoms with Crippen LogP contribution in [0.25, 0.3) is 0 Å². The van der Waals surface area contributed by atoms with E-state index in [1.807, 2.05) is 12.2 Å². The van der Waals surface area contributed by atoms with Gasteiger partial charge in [0.1, 0.15) is 0 Å². The van der Waals surface area contributed by atoms with Gasteiger partial charge in [-0.1, -0.05) is 28.1 Å². The third-order valence-electron chi connectivity index (χ3n) is 0.868. The van der Waals surface area contributed by atoms with E-state index in [9.17, 15) is 0 Å². The largest absolute Gasteiger partial charge is 0.372 e. The Hall–Kier alpha value is 0.180. The van der Waals surface area contributed by atoms with Gasteiger partial charge in [0, 0.05) is 5.33 Å². The summed E-state index contributed by atoms with van der Waals surface area (Å²) in [4.78, 5) is 0. The number of hydrogen-bond donors (Lipinski definition) is 0. The molecule has 0 saturated heterocycles. The fourth-order valence-corrected chi connectivity index (χ4v) is 0.693. The first-order chi connectivity index (χ1) is 4.56. The molecular weight excluding hydrogens is 192 g/mol. The number of hydrogen-bond acceptors (Lipinski definition) is 1. The summed E-state index contributed by atoms with van der Waals surface area (Å²) in [5.41, 5.74) is -0.0172. The van der Waals surface area contributed by atoms with E-state index in [0.29, 0.717) is 6.61 Å². The summed E-state index contributed by atoms with van der Waals surface area (Å²) in [6.45, 7) is 6.86.